The van der Waals surface area contributed by atoms with E-state index in [0.717, 1.165) is 0 Å². The van der Waals surface area contributed by atoms with Gasteiger partial charge in [0.2, 0.25) is 0 Å². The molecule has 27 heavy (non-hydrogen) atoms. The Morgan fingerprint density at radius 1 is 1.26 bits per heavy atom. The molecule has 0 aliphatic heterocycles. The Kier molecular flexibility index (Phi) is 5.04. The molecule has 3 rings (SSSR count). The van der Waals surface area contributed by atoms with Gasteiger partial charge < -0.3 is 14.5 Å². The van der Waals surface area contributed by atoms with Crippen molar-refractivity contribution < 1.29 is 18.7 Å². The maximum absolute atomic E-state index is 12.3. The summed E-state index contributed by atoms with van der Waals surface area (Å²) in [6, 6.07) is 11.9. The van der Waals surface area contributed by atoms with Gasteiger partial charge in [-0.3, -0.25) is 14.3 Å². The summed E-state index contributed by atoms with van der Waals surface area (Å²) in [6.07, 6.45) is 1.37. The number of furan rings is 1. The van der Waals surface area contributed by atoms with Crippen molar-refractivity contribution in [1.82, 2.24) is 9.78 Å². The molecular weight excluding hydrogens is 348 g/mol. The second-order valence-corrected chi connectivity index (χ2v) is 5.73. The molecule has 0 spiro atoms. The molecule has 0 atom stereocenters. The van der Waals surface area contributed by atoms with E-state index < -0.39 is 5.91 Å². The van der Waals surface area contributed by atoms with Crippen molar-refractivity contribution >= 4 is 17.5 Å². The molecule has 0 fully saturated rings. The number of carbonyl (C=O) groups is 2. The molecule has 0 bridgehead atoms. The predicted octanol–water partition coefficient (Wildman–Crippen LogP) is 2.92. The first-order valence-electron chi connectivity index (χ1n) is 8.04. The third kappa shape index (κ3) is 4.04. The summed E-state index contributed by atoms with van der Waals surface area (Å²) in [6.45, 7) is 1.62. The average molecular weight is 364 g/mol. The molecular formula is C19H16N4O4. The molecule has 0 aliphatic carbocycles. The quantitative estimate of drug-likeness (QED) is 0.673. The van der Waals surface area contributed by atoms with E-state index in [1.807, 2.05) is 6.07 Å². The molecule has 8 nitrogen and oxygen atoms in total. The number of rotatable bonds is 6. The molecule has 0 saturated heterocycles. The lowest BCUT2D eigenvalue weighted by Crippen LogP contribution is -2.14. The first-order chi connectivity index (χ1) is 13.0. The van der Waals surface area contributed by atoms with Gasteiger partial charge in [-0.15, -0.1) is 0 Å². The van der Waals surface area contributed by atoms with Crippen LogP contribution in [-0.4, -0.2) is 21.5 Å². The molecule has 0 radical (unpaired) electrons. The number of Topliss-reactive ketones (excluding diaryl/α,β-unsaturated/α-hetero) is 1. The molecule has 1 N–H and O–H groups in total. The predicted molar refractivity (Wildman–Crippen MR) is 95.4 cm³/mol. The van der Waals surface area contributed by atoms with E-state index in [4.69, 9.17) is 14.4 Å². The monoisotopic (exact) mass is 364 g/mol. The van der Waals surface area contributed by atoms with E-state index in [0.29, 0.717) is 22.9 Å². The van der Waals surface area contributed by atoms with E-state index in [9.17, 15) is 9.59 Å². The summed E-state index contributed by atoms with van der Waals surface area (Å²) in [4.78, 5) is 23.6. The summed E-state index contributed by atoms with van der Waals surface area (Å²) in [5.74, 6) is 0.911. The van der Waals surface area contributed by atoms with Gasteiger partial charge in [0, 0.05) is 12.6 Å². The molecule has 1 amide bonds. The normalized spacial score (nSPS) is 10.3. The zero-order chi connectivity index (χ0) is 19.4. The summed E-state index contributed by atoms with van der Waals surface area (Å²) < 4.78 is 12.5. The van der Waals surface area contributed by atoms with Gasteiger partial charge in [-0.1, -0.05) is 0 Å². The van der Waals surface area contributed by atoms with Crippen LogP contribution >= 0.6 is 0 Å². The van der Waals surface area contributed by atoms with Crippen LogP contribution in [0.3, 0.4) is 0 Å². The Bertz CT molecular complexity index is 1020. The molecule has 2 aromatic heterocycles. The van der Waals surface area contributed by atoms with Gasteiger partial charge in [-0.25, -0.2) is 0 Å². The minimum Gasteiger partial charge on any atom is -0.486 e. The highest BCUT2D eigenvalue weighted by molar-refractivity contribution is 6.02. The zero-order valence-electron chi connectivity index (χ0n) is 14.7. The number of nitriles is 1. The molecule has 0 unspecified atom stereocenters. The number of carbonyl (C=O) groups excluding carboxylic acids is 2. The Morgan fingerprint density at radius 3 is 2.67 bits per heavy atom. The van der Waals surface area contributed by atoms with E-state index in [1.54, 1.807) is 37.4 Å². The van der Waals surface area contributed by atoms with Crippen LogP contribution in [0.4, 0.5) is 5.82 Å². The van der Waals surface area contributed by atoms with Crippen molar-refractivity contribution in [2.75, 3.05) is 5.32 Å². The Labute approximate surface area is 155 Å². The van der Waals surface area contributed by atoms with Crippen molar-refractivity contribution in [2.24, 2.45) is 7.05 Å². The standard InChI is InChI=1S/C19H16N4O4/c1-12(24)13-3-5-15(6-4-13)26-11-16-7-8-17(27-16)19(25)22-18-14(9-20)10-21-23(18)2/h3-8,10H,11H2,1-2H3,(H,22,25). The highest BCUT2D eigenvalue weighted by Gasteiger charge is 2.16. The van der Waals surface area contributed by atoms with Crippen LogP contribution in [-0.2, 0) is 13.7 Å². The lowest BCUT2D eigenvalue weighted by Gasteiger charge is -2.05. The van der Waals surface area contributed by atoms with Gasteiger partial charge in [0.25, 0.3) is 5.91 Å². The van der Waals surface area contributed by atoms with Gasteiger partial charge in [0.15, 0.2) is 11.5 Å². The minimum absolute atomic E-state index is 0.0174. The smallest absolute Gasteiger partial charge is 0.292 e. The molecule has 136 valence electrons. The molecule has 0 saturated carbocycles. The van der Waals surface area contributed by atoms with Crippen LogP contribution in [0.1, 0.15) is 39.2 Å². The van der Waals surface area contributed by atoms with Gasteiger partial charge >= 0.3 is 0 Å². The highest BCUT2D eigenvalue weighted by atomic mass is 16.5. The number of aryl methyl sites for hydroxylation is 1. The topological polar surface area (TPSA) is 110 Å². The molecule has 0 aliphatic rings. The third-order valence-corrected chi connectivity index (χ3v) is 3.82. The van der Waals surface area contributed by atoms with Crippen molar-refractivity contribution in [1.29, 1.82) is 5.26 Å². The van der Waals surface area contributed by atoms with E-state index in [2.05, 4.69) is 10.4 Å². The summed E-state index contributed by atoms with van der Waals surface area (Å²) in [5.41, 5.74) is 0.862. The van der Waals surface area contributed by atoms with Crippen molar-refractivity contribution in [3.8, 4) is 11.8 Å². The van der Waals surface area contributed by atoms with Gasteiger partial charge in [-0.05, 0) is 43.3 Å². The zero-order valence-corrected chi connectivity index (χ0v) is 14.7. The number of nitrogens with zero attached hydrogens (tertiary/aromatic N) is 3. The number of anilines is 1. The number of hydrogen-bond donors (Lipinski definition) is 1. The van der Waals surface area contributed by atoms with Crippen LogP contribution in [0.15, 0.2) is 47.0 Å². The number of ketones is 1. The average Bonchev–Trinajstić information content (AvgIpc) is 3.27. The molecule has 3 aromatic rings. The first kappa shape index (κ1) is 17.9. The van der Waals surface area contributed by atoms with Crippen LogP contribution in [0.25, 0.3) is 0 Å². The van der Waals surface area contributed by atoms with Crippen LogP contribution in [0.5, 0.6) is 5.75 Å². The largest absolute Gasteiger partial charge is 0.486 e. The fraction of sp³-hybridized carbons (Fsp3) is 0.158. The van der Waals surface area contributed by atoms with E-state index in [1.165, 1.54) is 23.9 Å². The number of amides is 1. The molecule has 2 heterocycles. The Hall–Kier alpha value is -3.86. The number of hydrogen-bond acceptors (Lipinski definition) is 6. The highest BCUT2D eigenvalue weighted by Crippen LogP contribution is 2.18. The fourth-order valence-electron chi connectivity index (χ4n) is 2.35. The second-order valence-electron chi connectivity index (χ2n) is 5.73. The Balaban J connectivity index is 1.62. The lowest BCUT2D eigenvalue weighted by atomic mass is 10.1. The first-order valence-corrected chi connectivity index (χ1v) is 8.04. The van der Waals surface area contributed by atoms with Crippen molar-refractivity contribution in [2.45, 2.75) is 13.5 Å². The van der Waals surface area contributed by atoms with Crippen LogP contribution in [0.2, 0.25) is 0 Å². The molecule has 1 aromatic carbocycles. The summed E-state index contributed by atoms with van der Waals surface area (Å²) in [5, 5.41) is 15.6. The SMILES string of the molecule is CC(=O)c1ccc(OCc2ccc(C(=O)Nc3c(C#N)cnn3C)o2)cc1. The summed E-state index contributed by atoms with van der Waals surface area (Å²) in [7, 11) is 1.62. The van der Waals surface area contributed by atoms with Gasteiger partial charge in [0.05, 0.1) is 6.20 Å². The number of ether oxygens (including phenoxy) is 1. The molecule has 8 heteroatoms. The van der Waals surface area contributed by atoms with E-state index in [-0.39, 0.29) is 23.7 Å². The Morgan fingerprint density at radius 2 is 2.00 bits per heavy atom. The number of benzene rings is 1. The second kappa shape index (κ2) is 7.58. The summed E-state index contributed by atoms with van der Waals surface area (Å²) >= 11 is 0. The fourth-order valence-corrected chi connectivity index (χ4v) is 2.35. The van der Waals surface area contributed by atoms with Crippen LogP contribution in [0, 0.1) is 11.3 Å². The van der Waals surface area contributed by atoms with Gasteiger partial charge in [0.1, 0.15) is 35.6 Å². The van der Waals surface area contributed by atoms with Gasteiger partial charge in [-0.2, -0.15) is 10.4 Å². The maximum Gasteiger partial charge on any atom is 0.292 e. The van der Waals surface area contributed by atoms with Crippen molar-refractivity contribution in [3.63, 3.8) is 0 Å². The lowest BCUT2D eigenvalue weighted by molar-refractivity contribution is 0.0989. The minimum atomic E-state index is -0.493. The number of aromatic nitrogens is 2. The third-order valence-electron chi connectivity index (χ3n) is 3.82. The van der Waals surface area contributed by atoms with E-state index >= 15 is 0 Å². The number of nitrogens with one attached hydrogen (secondary N) is 1. The maximum atomic E-state index is 12.3. The van der Waals surface area contributed by atoms with Crippen LogP contribution < -0.4 is 10.1 Å². The van der Waals surface area contributed by atoms with Crippen molar-refractivity contribution in [3.05, 3.63) is 65.2 Å².